The monoisotopic (exact) mass is 303 g/mol. The lowest BCUT2D eigenvalue weighted by Gasteiger charge is -2.21. The first-order valence-corrected chi connectivity index (χ1v) is 8.12. The van der Waals surface area contributed by atoms with E-state index in [1.165, 1.54) is 12.8 Å². The van der Waals surface area contributed by atoms with E-state index in [0.717, 1.165) is 18.4 Å². The average molecular weight is 303 g/mol. The number of carbonyl (C=O) groups is 2. The Kier molecular flexibility index (Phi) is 6.13. The van der Waals surface area contributed by atoms with E-state index in [2.05, 4.69) is 5.32 Å². The molecule has 1 fully saturated rings. The highest BCUT2D eigenvalue weighted by Crippen LogP contribution is 2.20. The summed E-state index contributed by atoms with van der Waals surface area (Å²) in [5.41, 5.74) is 1.76. The van der Waals surface area contributed by atoms with Crippen LogP contribution in [0.3, 0.4) is 0 Å². The van der Waals surface area contributed by atoms with Crippen LogP contribution in [-0.2, 0) is 9.53 Å². The molecule has 1 aliphatic rings. The Labute approximate surface area is 132 Å². The maximum absolute atomic E-state index is 12.7. The molecule has 4 heteroatoms. The lowest BCUT2D eigenvalue weighted by atomic mass is 9.99. The number of benzene rings is 1. The summed E-state index contributed by atoms with van der Waals surface area (Å²) in [6.45, 7) is 4.11. The fraction of sp³-hybridized carbons (Fsp3) is 0.556. The van der Waals surface area contributed by atoms with Crippen molar-refractivity contribution in [3.63, 3.8) is 0 Å². The molecule has 1 aromatic rings. The second kappa shape index (κ2) is 8.08. The summed E-state index contributed by atoms with van der Waals surface area (Å²) in [5.74, 6) is -0.349. The number of nitrogens with one attached hydrogen (secondary N) is 1. The fourth-order valence-electron chi connectivity index (χ4n) is 2.91. The van der Waals surface area contributed by atoms with Crippen LogP contribution in [-0.4, -0.2) is 30.4 Å². The molecule has 22 heavy (non-hydrogen) atoms. The molecule has 0 radical (unpaired) electrons. The van der Waals surface area contributed by atoms with Gasteiger partial charge in [-0.1, -0.05) is 42.7 Å². The summed E-state index contributed by atoms with van der Waals surface area (Å²) in [5, 5.41) is 3.37. The molecule has 0 aliphatic heterocycles. The number of hydrogen-bond donors (Lipinski definition) is 1. The van der Waals surface area contributed by atoms with E-state index in [4.69, 9.17) is 4.74 Å². The molecular weight excluding hydrogens is 278 g/mol. The Hall–Kier alpha value is -1.68. The highest BCUT2D eigenvalue weighted by molar-refractivity contribution is 6.01. The van der Waals surface area contributed by atoms with Crippen molar-refractivity contribution in [3.8, 4) is 0 Å². The van der Waals surface area contributed by atoms with Crippen molar-refractivity contribution in [2.75, 3.05) is 6.61 Å². The molecule has 0 amide bonds. The minimum Gasteiger partial charge on any atom is -0.466 e. The number of hydrogen-bond acceptors (Lipinski definition) is 4. The fourth-order valence-corrected chi connectivity index (χ4v) is 2.91. The minimum absolute atomic E-state index is 0.0278. The molecule has 1 aromatic carbocycles. The van der Waals surface area contributed by atoms with E-state index in [1.54, 1.807) is 6.92 Å². The second-order valence-corrected chi connectivity index (χ2v) is 5.94. The minimum atomic E-state index is -0.496. The summed E-state index contributed by atoms with van der Waals surface area (Å²) in [6.07, 6.45) is 4.60. The zero-order chi connectivity index (χ0) is 15.9. The molecule has 0 saturated heterocycles. The van der Waals surface area contributed by atoms with Crippen LogP contribution in [0, 0.1) is 6.92 Å². The maximum Gasteiger partial charge on any atom is 0.307 e. The molecule has 0 heterocycles. The molecule has 1 atom stereocenters. The largest absolute Gasteiger partial charge is 0.466 e. The third-order valence-electron chi connectivity index (χ3n) is 4.12. The summed E-state index contributed by atoms with van der Waals surface area (Å²) in [4.78, 5) is 24.5. The van der Waals surface area contributed by atoms with Gasteiger partial charge in [0.25, 0.3) is 0 Å². The molecule has 2 rings (SSSR count). The highest BCUT2D eigenvalue weighted by Gasteiger charge is 2.27. The number of carbonyl (C=O) groups excluding carboxylic acids is 2. The third kappa shape index (κ3) is 4.67. The van der Waals surface area contributed by atoms with Gasteiger partial charge in [0, 0.05) is 11.6 Å². The van der Waals surface area contributed by atoms with Crippen molar-refractivity contribution in [1.82, 2.24) is 5.32 Å². The molecule has 1 N–H and O–H groups in total. The first kappa shape index (κ1) is 16.7. The van der Waals surface area contributed by atoms with Crippen LogP contribution >= 0.6 is 0 Å². The van der Waals surface area contributed by atoms with Gasteiger partial charge in [0.1, 0.15) is 0 Å². The molecule has 1 unspecified atom stereocenters. The van der Waals surface area contributed by atoms with E-state index >= 15 is 0 Å². The third-order valence-corrected chi connectivity index (χ3v) is 4.12. The average Bonchev–Trinajstić information content (AvgIpc) is 3.00. The number of ketones is 1. The first-order chi connectivity index (χ1) is 10.6. The van der Waals surface area contributed by atoms with Crippen LogP contribution in [0.15, 0.2) is 24.3 Å². The van der Waals surface area contributed by atoms with Crippen molar-refractivity contribution in [3.05, 3.63) is 35.4 Å². The molecular formula is C18H25NO3. The molecule has 1 aliphatic carbocycles. The number of aryl methyl sites for hydroxylation is 1. The number of esters is 1. The van der Waals surface area contributed by atoms with Crippen LogP contribution in [0.5, 0.6) is 0 Å². The number of Topliss-reactive ketones (excluding diaryl/α,β-unsaturated/α-hetero) is 1. The van der Waals surface area contributed by atoms with Crippen molar-refractivity contribution in [2.45, 2.75) is 58.0 Å². The van der Waals surface area contributed by atoms with Gasteiger partial charge in [0.2, 0.25) is 0 Å². The van der Waals surface area contributed by atoms with E-state index in [1.807, 2.05) is 31.2 Å². The first-order valence-electron chi connectivity index (χ1n) is 8.12. The van der Waals surface area contributed by atoms with Gasteiger partial charge in [-0.3, -0.25) is 9.59 Å². The lowest BCUT2D eigenvalue weighted by molar-refractivity contribution is -0.143. The zero-order valence-electron chi connectivity index (χ0n) is 13.4. The van der Waals surface area contributed by atoms with E-state index in [0.29, 0.717) is 18.2 Å². The maximum atomic E-state index is 12.7. The second-order valence-electron chi connectivity index (χ2n) is 5.94. The summed E-state index contributed by atoms with van der Waals surface area (Å²) >= 11 is 0. The predicted octanol–water partition coefficient (Wildman–Crippen LogP) is 3.03. The number of ether oxygens (including phenoxy) is 1. The van der Waals surface area contributed by atoms with Crippen LogP contribution in [0.4, 0.5) is 0 Å². The van der Waals surface area contributed by atoms with Crippen LogP contribution in [0.2, 0.25) is 0 Å². The summed E-state index contributed by atoms with van der Waals surface area (Å²) < 4.78 is 5.01. The van der Waals surface area contributed by atoms with Crippen molar-refractivity contribution in [1.29, 1.82) is 0 Å². The van der Waals surface area contributed by atoms with Gasteiger partial charge < -0.3 is 10.1 Å². The zero-order valence-corrected chi connectivity index (χ0v) is 13.4. The van der Waals surface area contributed by atoms with Gasteiger partial charge in [-0.2, -0.15) is 0 Å². The Morgan fingerprint density at radius 3 is 2.45 bits per heavy atom. The Balaban J connectivity index is 2.08. The van der Waals surface area contributed by atoms with Gasteiger partial charge in [0.05, 0.1) is 19.1 Å². The smallest absolute Gasteiger partial charge is 0.307 e. The predicted molar refractivity (Wildman–Crippen MR) is 85.9 cm³/mol. The van der Waals surface area contributed by atoms with E-state index in [9.17, 15) is 9.59 Å². The van der Waals surface area contributed by atoms with E-state index in [-0.39, 0.29) is 18.2 Å². The molecule has 4 nitrogen and oxygen atoms in total. The van der Waals surface area contributed by atoms with Crippen LogP contribution in [0.1, 0.15) is 54.9 Å². The van der Waals surface area contributed by atoms with Gasteiger partial charge in [0.15, 0.2) is 5.78 Å². The quantitative estimate of drug-likeness (QED) is 0.621. The number of rotatable bonds is 7. The molecule has 0 aromatic heterocycles. The van der Waals surface area contributed by atoms with Crippen LogP contribution < -0.4 is 5.32 Å². The van der Waals surface area contributed by atoms with Gasteiger partial charge in [-0.25, -0.2) is 0 Å². The van der Waals surface area contributed by atoms with Gasteiger partial charge in [-0.15, -0.1) is 0 Å². The van der Waals surface area contributed by atoms with Gasteiger partial charge >= 0.3 is 5.97 Å². The van der Waals surface area contributed by atoms with Crippen LogP contribution in [0.25, 0.3) is 0 Å². The Morgan fingerprint density at radius 1 is 1.23 bits per heavy atom. The Bertz CT molecular complexity index is 504. The molecule has 0 bridgehead atoms. The lowest BCUT2D eigenvalue weighted by Crippen LogP contribution is -2.43. The summed E-state index contributed by atoms with van der Waals surface area (Å²) in [7, 11) is 0. The standard InChI is InChI=1S/C18H25NO3/c1-3-22-17(20)12-16(19-15-6-4-5-7-15)18(21)14-10-8-13(2)9-11-14/h8-11,15-16,19H,3-7,12H2,1-2H3. The normalized spacial score (nSPS) is 16.5. The molecule has 120 valence electrons. The molecule has 1 saturated carbocycles. The summed E-state index contributed by atoms with van der Waals surface area (Å²) in [6, 6.07) is 7.32. The van der Waals surface area contributed by atoms with Crippen molar-refractivity contribution >= 4 is 11.8 Å². The van der Waals surface area contributed by atoms with Crippen molar-refractivity contribution < 1.29 is 14.3 Å². The highest BCUT2D eigenvalue weighted by atomic mass is 16.5. The molecule has 0 spiro atoms. The SMILES string of the molecule is CCOC(=O)CC(NC1CCCC1)C(=O)c1ccc(C)cc1. The Morgan fingerprint density at radius 2 is 1.86 bits per heavy atom. The van der Waals surface area contributed by atoms with Gasteiger partial charge in [-0.05, 0) is 26.7 Å². The van der Waals surface area contributed by atoms with E-state index < -0.39 is 6.04 Å². The topological polar surface area (TPSA) is 55.4 Å². The van der Waals surface area contributed by atoms with Crippen molar-refractivity contribution in [2.24, 2.45) is 0 Å².